The number of halogens is 5. The lowest BCUT2D eigenvalue weighted by Crippen LogP contribution is -3.61. The van der Waals surface area contributed by atoms with Crippen molar-refractivity contribution >= 4 is 29.2 Å². The Hall–Kier alpha value is -2.63. The van der Waals surface area contributed by atoms with E-state index >= 15 is 0 Å². The molecule has 0 aliphatic heterocycles. The van der Waals surface area contributed by atoms with Crippen molar-refractivity contribution < 1.29 is 47.3 Å². The third-order valence-electron chi connectivity index (χ3n) is 3.39. The molecule has 4 aromatic rings. The van der Waals surface area contributed by atoms with Gasteiger partial charge in [-0.25, -0.2) is 9.59 Å². The number of hydrogen-bond donors (Lipinski definition) is 0. The highest BCUT2D eigenvalue weighted by Crippen LogP contribution is 2.11. The normalized spacial score (nSPS) is 11.3. The first-order valence-electron chi connectivity index (χ1n) is 7.77. The van der Waals surface area contributed by atoms with Gasteiger partial charge in [-0.3, -0.25) is 0 Å². The molecular weight excluding hydrogens is 494 g/mol. The van der Waals surface area contributed by atoms with E-state index in [2.05, 4.69) is 0 Å². The van der Waals surface area contributed by atoms with Crippen molar-refractivity contribution in [2.24, 2.45) is 0 Å². The molecule has 0 saturated carbocycles. The lowest BCUT2D eigenvalue weighted by atomic mass is 10.2. The molecule has 0 aliphatic carbocycles. The average Bonchev–Trinajstić information content (AvgIpc) is 2.59. The van der Waals surface area contributed by atoms with Gasteiger partial charge in [-0.1, -0.05) is 0 Å². The van der Waals surface area contributed by atoms with Gasteiger partial charge in [-0.15, -0.1) is 0 Å². The average molecular weight is 504 g/mol. The summed E-state index contributed by atoms with van der Waals surface area (Å²) in [5.74, 6) is 0. The molecule has 0 unspecified atom stereocenters. The van der Waals surface area contributed by atoms with Crippen LogP contribution in [0.25, 0.3) is 21.9 Å². The Morgan fingerprint density at radius 1 is 0.643 bits per heavy atom. The van der Waals surface area contributed by atoms with Crippen LogP contribution in [0.15, 0.2) is 79.1 Å². The zero-order chi connectivity index (χ0) is 20.3. The van der Waals surface area contributed by atoms with Crippen molar-refractivity contribution in [3.8, 4) is 0 Å². The second-order valence-electron chi connectivity index (χ2n) is 5.46. The molecule has 0 aliphatic rings. The summed E-state index contributed by atoms with van der Waals surface area (Å²) in [6.45, 7) is 0. The van der Waals surface area contributed by atoms with Crippen LogP contribution in [-0.4, -0.2) is 7.25 Å². The number of rotatable bonds is 2. The van der Waals surface area contributed by atoms with Gasteiger partial charge in [0.15, 0.2) is 7.14 Å². The molecule has 2 aromatic carbocycles. The Morgan fingerprint density at radius 2 is 1.00 bits per heavy atom. The minimum Gasteiger partial charge on any atom is -0.423 e. The van der Waals surface area contributed by atoms with Gasteiger partial charge in [0, 0.05) is 35.0 Å². The van der Waals surface area contributed by atoms with Crippen molar-refractivity contribution in [2.75, 3.05) is 0 Å². The number of fused-ring (bicyclic) bond motifs is 2. The van der Waals surface area contributed by atoms with Gasteiger partial charge < -0.3 is 26.1 Å². The maximum atomic E-state index is 11.3. The Balaban J connectivity index is 0.000000403. The topological polar surface area (TPSA) is 60.4 Å². The molecule has 0 saturated heterocycles. The van der Waals surface area contributed by atoms with Gasteiger partial charge in [-0.05, 0) is 36.4 Å². The van der Waals surface area contributed by atoms with E-state index in [-0.39, 0.29) is 11.3 Å². The smallest absolute Gasteiger partial charge is 0.423 e. The molecule has 4 rings (SSSR count). The maximum absolute atomic E-state index is 11.3. The zero-order valence-corrected chi connectivity index (χ0v) is 16.0. The fourth-order valence-electron chi connectivity index (χ4n) is 2.31. The number of benzene rings is 2. The summed E-state index contributed by atoms with van der Waals surface area (Å²) >= 11 is -0.465. The van der Waals surface area contributed by atoms with Crippen LogP contribution in [-0.2, 0) is 0 Å². The van der Waals surface area contributed by atoms with Gasteiger partial charge in [-0.2, -0.15) is 0 Å². The van der Waals surface area contributed by atoms with Crippen LogP contribution >= 0.6 is 0 Å². The zero-order valence-electron chi connectivity index (χ0n) is 13.9. The van der Waals surface area contributed by atoms with Crippen LogP contribution in [0, 0.1) is 7.14 Å². The molecule has 0 N–H and O–H groups in total. The van der Waals surface area contributed by atoms with Crippen LogP contribution in [0.3, 0.4) is 0 Å². The lowest BCUT2D eigenvalue weighted by molar-refractivity contribution is -0.597. The van der Waals surface area contributed by atoms with Gasteiger partial charge >= 0.3 is 39.7 Å². The Morgan fingerprint density at radius 3 is 1.39 bits per heavy atom. The first-order chi connectivity index (χ1) is 13.2. The van der Waals surface area contributed by atoms with E-state index in [4.69, 9.17) is 8.83 Å². The summed E-state index contributed by atoms with van der Waals surface area (Å²) < 4.78 is 51.7. The van der Waals surface area contributed by atoms with Crippen LogP contribution in [0.2, 0.25) is 0 Å². The molecule has 10 heteroatoms. The molecule has 2 aromatic heterocycles. The highest BCUT2D eigenvalue weighted by molar-refractivity contribution is 6.50. The molecular formula is C18H10BF4IO4. The molecule has 0 spiro atoms. The van der Waals surface area contributed by atoms with E-state index in [0.717, 1.165) is 17.9 Å². The quantitative estimate of drug-likeness (QED) is 0.179. The van der Waals surface area contributed by atoms with Crippen molar-refractivity contribution in [2.45, 2.75) is 0 Å². The van der Waals surface area contributed by atoms with Crippen LogP contribution in [0.4, 0.5) is 17.3 Å². The van der Waals surface area contributed by atoms with Crippen LogP contribution in [0.1, 0.15) is 0 Å². The van der Waals surface area contributed by atoms with E-state index in [1.165, 1.54) is 12.1 Å². The third kappa shape index (κ3) is 5.68. The van der Waals surface area contributed by atoms with E-state index in [0.29, 0.717) is 11.2 Å². The molecule has 0 fully saturated rings. The van der Waals surface area contributed by atoms with Gasteiger partial charge in [0.1, 0.15) is 11.2 Å². The molecule has 0 bridgehead atoms. The van der Waals surface area contributed by atoms with Gasteiger partial charge in [0.25, 0.3) is 0 Å². The van der Waals surface area contributed by atoms with E-state index < -0.39 is 28.5 Å². The number of hydrogen-bond acceptors (Lipinski definition) is 4. The Bertz CT molecular complexity index is 1150. The molecule has 0 radical (unpaired) electrons. The SMILES string of the molecule is F[B-](F)(F)F.O=c1ccc2ccc([I+]c3ccc4ccc(=O)oc4c3)cc2o1. The van der Waals surface area contributed by atoms with E-state index in [1.54, 1.807) is 12.1 Å². The fraction of sp³-hybridized carbons (Fsp3) is 0. The molecule has 0 amide bonds. The summed E-state index contributed by atoms with van der Waals surface area (Å²) in [5, 5.41) is 1.81. The van der Waals surface area contributed by atoms with Crippen LogP contribution in [0.5, 0.6) is 0 Å². The first-order valence-corrected chi connectivity index (χ1v) is 9.93. The maximum Gasteiger partial charge on any atom is 0.673 e. The minimum absolute atomic E-state index is 0.347. The summed E-state index contributed by atoms with van der Waals surface area (Å²) in [5.41, 5.74) is 0.504. The second-order valence-corrected chi connectivity index (χ2v) is 8.49. The highest BCUT2D eigenvalue weighted by atomic mass is 127. The summed E-state index contributed by atoms with van der Waals surface area (Å²) in [6.07, 6.45) is 0. The third-order valence-corrected chi connectivity index (χ3v) is 5.98. The van der Waals surface area contributed by atoms with Gasteiger partial charge in [0.05, 0.1) is 0 Å². The van der Waals surface area contributed by atoms with Crippen molar-refractivity contribution in [1.29, 1.82) is 0 Å². The Kier molecular flexibility index (Phi) is 5.87. The van der Waals surface area contributed by atoms with Crippen LogP contribution < -0.4 is 32.5 Å². The summed E-state index contributed by atoms with van der Waals surface area (Å²) in [4.78, 5) is 22.7. The highest BCUT2D eigenvalue weighted by Gasteiger charge is 2.20. The first kappa shape index (κ1) is 20.1. The van der Waals surface area contributed by atoms with Crippen molar-refractivity contribution in [3.63, 3.8) is 0 Å². The second kappa shape index (κ2) is 8.17. The lowest BCUT2D eigenvalue weighted by Gasteiger charge is -1.95. The van der Waals surface area contributed by atoms with E-state index in [9.17, 15) is 26.9 Å². The van der Waals surface area contributed by atoms with Gasteiger partial charge in [0.2, 0.25) is 0 Å². The Labute approximate surface area is 165 Å². The minimum atomic E-state index is -6.00. The summed E-state index contributed by atoms with van der Waals surface area (Å²) in [6, 6.07) is 18.2. The van der Waals surface area contributed by atoms with E-state index in [1.807, 2.05) is 36.4 Å². The molecule has 4 nitrogen and oxygen atoms in total. The van der Waals surface area contributed by atoms with Crippen molar-refractivity contribution in [3.05, 3.63) is 88.6 Å². The molecule has 2 heterocycles. The predicted molar refractivity (Wildman–Crippen MR) is 92.5 cm³/mol. The standard InChI is InChI=1S/C18H10IO4.BF4/c20-17-7-3-11-1-5-13(9-15(11)22-17)19-14-6-2-12-4-8-18(21)23-16(12)10-14;2-1(3,4)5/h1-10H;/q+1;-1. The fourth-order valence-corrected chi connectivity index (χ4v) is 4.63. The monoisotopic (exact) mass is 504 g/mol. The molecule has 28 heavy (non-hydrogen) atoms. The largest absolute Gasteiger partial charge is 0.673 e. The van der Waals surface area contributed by atoms with Crippen molar-refractivity contribution in [1.82, 2.24) is 0 Å². The summed E-state index contributed by atoms with van der Waals surface area (Å²) in [7, 11) is -6.00. The predicted octanol–water partition coefficient (Wildman–Crippen LogP) is 1.33. The molecule has 144 valence electrons. The molecule has 0 atom stereocenters.